The highest BCUT2D eigenvalue weighted by molar-refractivity contribution is 6.02. The molecule has 2 aliphatic heterocycles. The van der Waals surface area contributed by atoms with Gasteiger partial charge in [0.2, 0.25) is 0 Å². The standard InChI is InChI=1S/C23H33N3O4/c1-14-11-25(12-15(2)30-14)13-16-6-5-7-26(16)22(29)18-8-17-19(24-21(18)28)9-23(3,4)10-20(17)27/h8,14-16H,5-7,9-13H2,1-4H3,(H,24,28). The second-order valence-electron chi connectivity index (χ2n) is 10.1. The van der Waals surface area contributed by atoms with Gasteiger partial charge in [-0.1, -0.05) is 13.8 Å². The number of aromatic amines is 1. The minimum Gasteiger partial charge on any atom is -0.373 e. The summed E-state index contributed by atoms with van der Waals surface area (Å²) in [4.78, 5) is 45.7. The van der Waals surface area contributed by atoms with E-state index in [9.17, 15) is 14.4 Å². The number of Topliss-reactive ketones (excluding diaryl/α,β-unsaturated/α-hetero) is 1. The first-order chi connectivity index (χ1) is 14.1. The van der Waals surface area contributed by atoms with E-state index in [0.717, 1.165) is 32.5 Å². The average Bonchev–Trinajstić information content (AvgIpc) is 3.06. The van der Waals surface area contributed by atoms with E-state index in [0.29, 0.717) is 30.6 Å². The van der Waals surface area contributed by atoms with Crippen LogP contribution in [0.2, 0.25) is 0 Å². The first-order valence-corrected chi connectivity index (χ1v) is 11.1. The number of nitrogens with one attached hydrogen (secondary N) is 1. The summed E-state index contributed by atoms with van der Waals surface area (Å²) < 4.78 is 5.82. The fraction of sp³-hybridized carbons (Fsp3) is 0.696. The van der Waals surface area contributed by atoms with Crippen LogP contribution >= 0.6 is 0 Å². The Labute approximate surface area is 177 Å². The van der Waals surface area contributed by atoms with Gasteiger partial charge in [-0.05, 0) is 44.6 Å². The molecule has 1 N–H and O–H groups in total. The second-order valence-corrected chi connectivity index (χ2v) is 10.1. The largest absolute Gasteiger partial charge is 0.373 e. The van der Waals surface area contributed by atoms with Crippen LogP contribution in [0, 0.1) is 5.41 Å². The topological polar surface area (TPSA) is 82.7 Å². The Bertz CT molecular complexity index is 896. The third kappa shape index (κ3) is 4.23. The van der Waals surface area contributed by atoms with Gasteiger partial charge in [-0.15, -0.1) is 0 Å². The van der Waals surface area contributed by atoms with Crippen molar-refractivity contribution >= 4 is 11.7 Å². The number of carbonyl (C=O) groups excluding carboxylic acids is 2. The highest BCUT2D eigenvalue weighted by Gasteiger charge is 2.36. The zero-order chi connectivity index (χ0) is 21.6. The Morgan fingerprint density at radius 2 is 1.90 bits per heavy atom. The number of carbonyl (C=O) groups is 2. The highest BCUT2D eigenvalue weighted by Crippen LogP contribution is 2.33. The lowest BCUT2D eigenvalue weighted by atomic mass is 9.75. The molecular weight excluding hydrogens is 382 g/mol. The first-order valence-electron chi connectivity index (χ1n) is 11.1. The number of likely N-dealkylation sites (tertiary alicyclic amines) is 1. The zero-order valence-electron chi connectivity index (χ0n) is 18.5. The van der Waals surface area contributed by atoms with Crippen molar-refractivity contribution in [2.45, 2.75) is 71.6 Å². The van der Waals surface area contributed by atoms with Gasteiger partial charge in [0.25, 0.3) is 11.5 Å². The van der Waals surface area contributed by atoms with Crippen molar-refractivity contribution in [1.29, 1.82) is 0 Å². The number of nitrogens with zero attached hydrogens (tertiary/aromatic N) is 2. The van der Waals surface area contributed by atoms with Crippen LogP contribution < -0.4 is 5.56 Å². The third-order valence-electron chi connectivity index (χ3n) is 6.55. The smallest absolute Gasteiger partial charge is 0.261 e. The van der Waals surface area contributed by atoms with E-state index in [2.05, 4.69) is 23.7 Å². The van der Waals surface area contributed by atoms with Crippen molar-refractivity contribution in [2.75, 3.05) is 26.2 Å². The van der Waals surface area contributed by atoms with Gasteiger partial charge >= 0.3 is 0 Å². The molecule has 0 aromatic carbocycles. The van der Waals surface area contributed by atoms with Gasteiger partial charge in [-0.3, -0.25) is 19.3 Å². The van der Waals surface area contributed by atoms with E-state index in [-0.39, 0.29) is 46.5 Å². The van der Waals surface area contributed by atoms with E-state index in [4.69, 9.17) is 4.74 Å². The molecule has 2 saturated heterocycles. The van der Waals surface area contributed by atoms with E-state index >= 15 is 0 Å². The lowest BCUT2D eigenvalue weighted by Crippen LogP contribution is -2.51. The number of amides is 1. The molecule has 7 nitrogen and oxygen atoms in total. The molecule has 3 heterocycles. The van der Waals surface area contributed by atoms with Gasteiger partial charge in [-0.2, -0.15) is 0 Å². The van der Waals surface area contributed by atoms with Gasteiger partial charge < -0.3 is 14.6 Å². The zero-order valence-corrected chi connectivity index (χ0v) is 18.5. The first kappa shape index (κ1) is 21.2. The maximum absolute atomic E-state index is 13.3. The molecule has 0 bridgehead atoms. The minimum absolute atomic E-state index is 0.000754. The Morgan fingerprint density at radius 1 is 1.20 bits per heavy atom. The second kappa shape index (κ2) is 7.93. The molecule has 3 unspecified atom stereocenters. The van der Waals surface area contributed by atoms with Crippen LogP contribution in [0.4, 0.5) is 0 Å². The summed E-state index contributed by atoms with van der Waals surface area (Å²) in [5.74, 6) is -0.255. The number of H-pyrrole nitrogens is 1. The number of morpholine rings is 1. The molecule has 4 rings (SSSR count). The van der Waals surface area contributed by atoms with Crippen LogP contribution in [0.1, 0.15) is 73.4 Å². The molecule has 0 saturated carbocycles. The summed E-state index contributed by atoms with van der Waals surface area (Å²) in [6.07, 6.45) is 3.29. The highest BCUT2D eigenvalue weighted by atomic mass is 16.5. The lowest BCUT2D eigenvalue weighted by Gasteiger charge is -2.38. The summed E-state index contributed by atoms with van der Waals surface area (Å²) in [6, 6.07) is 1.63. The normalized spacial score (nSPS) is 29.1. The molecule has 7 heteroatoms. The molecule has 164 valence electrons. The molecule has 3 atom stereocenters. The number of hydrogen-bond acceptors (Lipinski definition) is 5. The lowest BCUT2D eigenvalue weighted by molar-refractivity contribution is -0.0715. The van der Waals surface area contributed by atoms with E-state index < -0.39 is 0 Å². The van der Waals surface area contributed by atoms with Crippen LogP contribution in [0.3, 0.4) is 0 Å². The third-order valence-corrected chi connectivity index (χ3v) is 6.55. The fourth-order valence-electron chi connectivity index (χ4n) is 5.37. The van der Waals surface area contributed by atoms with Crippen LogP contribution in [-0.4, -0.2) is 70.9 Å². The molecule has 30 heavy (non-hydrogen) atoms. The predicted octanol–water partition coefficient (Wildman–Crippen LogP) is 2.24. The van der Waals surface area contributed by atoms with Crippen molar-refractivity contribution in [3.63, 3.8) is 0 Å². The number of pyridine rings is 1. The number of ketones is 1. The van der Waals surface area contributed by atoms with Crippen molar-refractivity contribution in [3.8, 4) is 0 Å². The van der Waals surface area contributed by atoms with Gasteiger partial charge in [0.05, 0.1) is 12.2 Å². The van der Waals surface area contributed by atoms with Crippen molar-refractivity contribution in [2.24, 2.45) is 5.41 Å². The Hall–Kier alpha value is -1.99. The number of rotatable bonds is 3. The van der Waals surface area contributed by atoms with Crippen molar-refractivity contribution in [1.82, 2.24) is 14.8 Å². The van der Waals surface area contributed by atoms with Crippen LogP contribution in [-0.2, 0) is 11.2 Å². The fourth-order valence-corrected chi connectivity index (χ4v) is 5.37. The Kier molecular flexibility index (Phi) is 5.62. The maximum atomic E-state index is 13.3. The molecule has 0 radical (unpaired) electrons. The van der Waals surface area contributed by atoms with E-state index in [1.54, 1.807) is 6.07 Å². The monoisotopic (exact) mass is 415 g/mol. The summed E-state index contributed by atoms with van der Waals surface area (Å²) in [7, 11) is 0. The number of hydrogen-bond donors (Lipinski definition) is 1. The molecule has 0 spiro atoms. The molecule has 1 amide bonds. The van der Waals surface area contributed by atoms with E-state index in [1.807, 2.05) is 18.7 Å². The van der Waals surface area contributed by atoms with Gasteiger partial charge in [0.15, 0.2) is 5.78 Å². The molecule has 3 aliphatic rings. The predicted molar refractivity (Wildman–Crippen MR) is 114 cm³/mol. The van der Waals surface area contributed by atoms with Gasteiger partial charge in [-0.25, -0.2) is 0 Å². The van der Waals surface area contributed by atoms with Crippen molar-refractivity contribution < 1.29 is 14.3 Å². The van der Waals surface area contributed by atoms with E-state index in [1.165, 1.54) is 0 Å². The molecular formula is C23H33N3O4. The molecule has 1 aliphatic carbocycles. The molecule has 1 aromatic heterocycles. The molecule has 2 fully saturated rings. The Morgan fingerprint density at radius 3 is 2.60 bits per heavy atom. The number of fused-ring (bicyclic) bond motifs is 1. The summed E-state index contributed by atoms with van der Waals surface area (Å²) in [5, 5.41) is 0. The maximum Gasteiger partial charge on any atom is 0.261 e. The number of aromatic nitrogens is 1. The minimum atomic E-state index is -0.386. The molecule has 1 aromatic rings. The quantitative estimate of drug-likeness (QED) is 0.819. The SMILES string of the molecule is CC1CN(CC2CCCN2C(=O)c2cc3c([nH]c2=O)CC(C)(C)CC3=O)CC(C)O1. The summed E-state index contributed by atoms with van der Waals surface area (Å²) in [6.45, 7) is 11.3. The summed E-state index contributed by atoms with van der Waals surface area (Å²) >= 11 is 0. The number of ether oxygens (including phenoxy) is 1. The van der Waals surface area contributed by atoms with Gasteiger partial charge in [0.1, 0.15) is 5.56 Å². The Balaban J connectivity index is 1.54. The average molecular weight is 416 g/mol. The summed E-state index contributed by atoms with van der Waals surface area (Å²) in [5.41, 5.74) is 0.697. The van der Waals surface area contributed by atoms with Crippen molar-refractivity contribution in [3.05, 3.63) is 33.2 Å². The van der Waals surface area contributed by atoms with Crippen LogP contribution in [0.25, 0.3) is 0 Å². The van der Waals surface area contributed by atoms with Crippen LogP contribution in [0.15, 0.2) is 10.9 Å². The van der Waals surface area contributed by atoms with Crippen LogP contribution in [0.5, 0.6) is 0 Å². The van der Waals surface area contributed by atoms with Gasteiger partial charge in [0, 0.05) is 49.9 Å².